The van der Waals surface area contributed by atoms with Crippen molar-refractivity contribution in [3.8, 4) is 68.7 Å². The van der Waals surface area contributed by atoms with Crippen LogP contribution >= 0.6 is 0 Å². The topological polar surface area (TPSA) is 206 Å². The number of aromatic hydroxyl groups is 3. The minimum atomic E-state index is -0.616. The van der Waals surface area contributed by atoms with Gasteiger partial charge in [-0.25, -0.2) is 29.3 Å². The maximum atomic E-state index is 12.0. The molecule has 1 heterocycles. The number of aromatic nitrogens is 3. The van der Waals surface area contributed by atoms with Crippen molar-refractivity contribution >= 4 is 17.9 Å². The number of nitrogens with zero attached hydrogens (tertiary/aromatic N) is 3. The predicted octanol–water partition coefficient (Wildman–Crippen LogP) is 7.57. The van der Waals surface area contributed by atoms with Crippen molar-refractivity contribution < 1.29 is 58.1 Å². The maximum Gasteiger partial charge on any atom is 0.333 e. The van der Waals surface area contributed by atoms with E-state index in [1.807, 2.05) is 0 Å². The summed E-state index contributed by atoms with van der Waals surface area (Å²) in [6.07, 6.45) is -1.85. The second kappa shape index (κ2) is 19.7. The van der Waals surface area contributed by atoms with Crippen molar-refractivity contribution in [2.45, 2.75) is 80.6 Å². The zero-order chi connectivity index (χ0) is 44.6. The minimum absolute atomic E-state index is 0.00745. The van der Waals surface area contributed by atoms with Gasteiger partial charge in [0.05, 0.1) is 16.7 Å². The quantitative estimate of drug-likeness (QED) is 0.0502. The van der Waals surface area contributed by atoms with Crippen LogP contribution in [0.15, 0.2) is 72.9 Å². The molecule has 0 aliphatic carbocycles. The van der Waals surface area contributed by atoms with Crippen LogP contribution in [-0.4, -0.2) is 86.3 Å². The molecule has 3 aromatic carbocycles. The molecule has 0 saturated carbocycles. The van der Waals surface area contributed by atoms with Crippen molar-refractivity contribution in [2.75, 3.05) is 19.8 Å². The van der Waals surface area contributed by atoms with Crippen LogP contribution in [0.2, 0.25) is 0 Å². The van der Waals surface area contributed by atoms with Gasteiger partial charge in [0.1, 0.15) is 72.6 Å². The summed E-state index contributed by atoms with van der Waals surface area (Å²) >= 11 is 0. The first-order valence-corrected chi connectivity index (χ1v) is 18.9. The molecule has 0 spiro atoms. The first-order chi connectivity index (χ1) is 28.2. The molecule has 0 aliphatic heterocycles. The highest BCUT2D eigenvalue weighted by atomic mass is 16.6. The Hall–Kier alpha value is -6.90. The lowest BCUT2D eigenvalue weighted by molar-refractivity contribution is -0.145. The SMILES string of the molecule is C=C(C)C(=O)OC(C)COc1ccc(-c2nc(-c3ccc(OCC(C)OC(=O)C(=C)C)c(C)c3O)nc(-c3ccc(OCC(C)OC(=O)C(=C)C)c(C)c3O)n2)c(O)c1C. The molecule has 1 aromatic heterocycles. The number of carbonyl (C=O) groups is 3. The van der Waals surface area contributed by atoms with Crippen LogP contribution in [-0.2, 0) is 28.6 Å². The lowest BCUT2D eigenvalue weighted by Gasteiger charge is -2.18. The molecule has 60 heavy (non-hydrogen) atoms. The zero-order valence-electron chi connectivity index (χ0n) is 35.3. The highest BCUT2D eigenvalue weighted by Crippen LogP contribution is 2.42. The largest absolute Gasteiger partial charge is 0.507 e. The van der Waals surface area contributed by atoms with E-state index in [1.165, 1.54) is 20.8 Å². The van der Waals surface area contributed by atoms with E-state index in [-0.39, 0.29) is 88.0 Å². The van der Waals surface area contributed by atoms with E-state index in [0.717, 1.165) is 0 Å². The van der Waals surface area contributed by atoms with Crippen molar-refractivity contribution in [3.05, 3.63) is 89.5 Å². The molecule has 0 amide bonds. The van der Waals surface area contributed by atoms with Crippen molar-refractivity contribution in [1.29, 1.82) is 0 Å². The Balaban J connectivity index is 1.76. The number of ether oxygens (including phenoxy) is 6. The van der Waals surface area contributed by atoms with Crippen LogP contribution in [0.3, 0.4) is 0 Å². The maximum absolute atomic E-state index is 12.0. The number of benzene rings is 3. The molecular weight excluding hydrogens is 775 g/mol. The summed E-state index contributed by atoms with van der Waals surface area (Å²) in [7, 11) is 0. The number of carbonyl (C=O) groups excluding carboxylic acids is 3. The Morgan fingerprint density at radius 2 is 0.733 bits per heavy atom. The van der Waals surface area contributed by atoms with Gasteiger partial charge in [0.15, 0.2) is 17.5 Å². The fraction of sp³-hybridized carbons (Fsp3) is 0.333. The van der Waals surface area contributed by atoms with Gasteiger partial charge in [-0.1, -0.05) is 19.7 Å². The summed E-state index contributed by atoms with van der Waals surface area (Å²) in [5, 5.41) is 34.5. The standard InChI is InChI=1S/C45H51N3O12/c1-22(2)43(52)58-25(7)19-55-34-16-13-31(37(49)28(34)10)40-46-41(32-14-17-35(29(11)38(32)50)56-20-26(8)59-44(53)23(3)4)48-42(47-40)33-15-18-36(30(12)39(33)51)57-21-27(9)60-45(54)24(5)6/h13-18,25-27,49-51H,1,3,5,19-21H2,2,4,6-12H3. The second-order valence-corrected chi connectivity index (χ2v) is 14.5. The number of esters is 3. The van der Waals surface area contributed by atoms with Gasteiger partial charge in [-0.05, 0) is 98.7 Å². The fourth-order valence-corrected chi connectivity index (χ4v) is 5.37. The van der Waals surface area contributed by atoms with E-state index in [2.05, 4.69) is 34.7 Å². The molecule has 0 aliphatic rings. The van der Waals surface area contributed by atoms with Crippen LogP contribution in [0, 0.1) is 20.8 Å². The van der Waals surface area contributed by atoms with Crippen LogP contribution in [0.1, 0.15) is 58.2 Å². The van der Waals surface area contributed by atoms with E-state index in [4.69, 9.17) is 28.4 Å². The molecule has 4 aromatic rings. The Kier molecular flexibility index (Phi) is 15.0. The molecule has 0 saturated heterocycles. The third-order valence-corrected chi connectivity index (χ3v) is 8.89. The molecule has 15 nitrogen and oxygen atoms in total. The van der Waals surface area contributed by atoms with Gasteiger partial charge in [0, 0.05) is 33.4 Å². The number of rotatable bonds is 18. The van der Waals surface area contributed by atoms with Gasteiger partial charge in [0.25, 0.3) is 0 Å². The fourth-order valence-electron chi connectivity index (χ4n) is 5.37. The predicted molar refractivity (Wildman–Crippen MR) is 223 cm³/mol. The Bertz CT molecular complexity index is 2070. The van der Waals surface area contributed by atoms with Crippen LogP contribution < -0.4 is 14.2 Å². The number of hydrogen-bond acceptors (Lipinski definition) is 15. The molecule has 4 rings (SSSR count). The minimum Gasteiger partial charge on any atom is -0.507 e. The first-order valence-electron chi connectivity index (χ1n) is 18.9. The van der Waals surface area contributed by atoms with E-state index in [0.29, 0.717) is 33.9 Å². The normalized spacial score (nSPS) is 12.3. The molecule has 0 radical (unpaired) electrons. The molecule has 0 fully saturated rings. The van der Waals surface area contributed by atoms with Gasteiger partial charge in [0.2, 0.25) is 0 Å². The second-order valence-electron chi connectivity index (χ2n) is 14.5. The van der Waals surface area contributed by atoms with Gasteiger partial charge in [-0.15, -0.1) is 0 Å². The molecule has 0 bridgehead atoms. The van der Waals surface area contributed by atoms with Gasteiger partial charge in [-0.2, -0.15) is 0 Å². The van der Waals surface area contributed by atoms with Crippen LogP contribution in [0.4, 0.5) is 0 Å². The van der Waals surface area contributed by atoms with Crippen LogP contribution in [0.5, 0.6) is 34.5 Å². The van der Waals surface area contributed by atoms with E-state index in [9.17, 15) is 29.7 Å². The Morgan fingerprint density at radius 1 is 0.500 bits per heavy atom. The lowest BCUT2D eigenvalue weighted by Crippen LogP contribution is -2.22. The summed E-state index contributed by atoms with van der Waals surface area (Å²) in [5.74, 6) is -1.44. The van der Waals surface area contributed by atoms with Crippen molar-refractivity contribution in [1.82, 2.24) is 15.0 Å². The molecule has 3 unspecified atom stereocenters. The Labute approximate surface area is 348 Å². The van der Waals surface area contributed by atoms with Gasteiger partial charge in [-0.3, -0.25) is 0 Å². The van der Waals surface area contributed by atoms with Crippen molar-refractivity contribution in [3.63, 3.8) is 0 Å². The summed E-state index contributed by atoms with van der Waals surface area (Å²) in [6, 6.07) is 9.43. The number of hydrogen-bond donors (Lipinski definition) is 3. The summed E-state index contributed by atoms with van der Waals surface area (Å²) < 4.78 is 33.5. The van der Waals surface area contributed by atoms with Crippen molar-refractivity contribution in [2.24, 2.45) is 0 Å². The average Bonchev–Trinajstić information content (AvgIpc) is 3.19. The van der Waals surface area contributed by atoms with E-state index >= 15 is 0 Å². The zero-order valence-corrected chi connectivity index (χ0v) is 35.3. The monoisotopic (exact) mass is 825 g/mol. The van der Waals surface area contributed by atoms with E-state index < -0.39 is 36.2 Å². The smallest absolute Gasteiger partial charge is 0.333 e. The summed E-state index contributed by atoms with van der Waals surface area (Å²) in [6.45, 7) is 25.2. The molecule has 3 atom stereocenters. The van der Waals surface area contributed by atoms with Crippen LogP contribution in [0.25, 0.3) is 34.2 Å². The molecule has 15 heteroatoms. The summed E-state index contributed by atoms with van der Waals surface area (Å²) in [4.78, 5) is 49.8. The highest BCUT2D eigenvalue weighted by molar-refractivity contribution is 5.88. The number of phenolic OH excluding ortho intramolecular Hbond substituents is 3. The summed E-state index contributed by atoms with van der Waals surface area (Å²) in [5.41, 5.74) is 2.28. The molecule has 3 N–H and O–H groups in total. The highest BCUT2D eigenvalue weighted by Gasteiger charge is 2.24. The van der Waals surface area contributed by atoms with Gasteiger partial charge >= 0.3 is 17.9 Å². The third kappa shape index (κ3) is 11.2. The number of phenols is 3. The molecule has 318 valence electrons. The lowest BCUT2D eigenvalue weighted by atomic mass is 10.1. The first kappa shape index (κ1) is 45.8. The van der Waals surface area contributed by atoms with Gasteiger partial charge < -0.3 is 43.7 Å². The third-order valence-electron chi connectivity index (χ3n) is 8.89. The molecular formula is C45H51N3O12. The van der Waals surface area contributed by atoms with E-state index in [1.54, 1.807) is 77.9 Å². The Morgan fingerprint density at radius 3 is 0.950 bits per heavy atom. The average molecular weight is 826 g/mol.